The lowest BCUT2D eigenvalue weighted by Crippen LogP contribution is -2.53. The molecule has 0 aromatic carbocycles. The van der Waals surface area contributed by atoms with E-state index in [1.54, 1.807) is 0 Å². The molecular formula is C27H42N2O3. The summed E-state index contributed by atoms with van der Waals surface area (Å²) in [4.78, 5) is 12.5. The summed E-state index contributed by atoms with van der Waals surface area (Å²) >= 11 is 0. The molecule has 0 bridgehead atoms. The minimum absolute atomic E-state index is 0. The largest absolute Gasteiger partial charge is 0.444 e. The molecule has 1 heterocycles. The normalized spacial score (nSPS) is 32.7. The Morgan fingerprint density at radius 2 is 2.12 bits per heavy atom. The number of nitrogens with zero attached hydrogens (tertiary/aromatic N) is 1. The Kier molecular flexibility index (Phi) is 6.70. The zero-order valence-corrected chi connectivity index (χ0v) is 20.0. The van der Waals surface area contributed by atoms with E-state index in [1.165, 1.54) is 16.7 Å². The molecule has 5 heteroatoms. The van der Waals surface area contributed by atoms with Gasteiger partial charge in [-0.05, 0) is 70.6 Å². The van der Waals surface area contributed by atoms with Crippen molar-refractivity contribution in [1.29, 1.82) is 0 Å². The van der Waals surface area contributed by atoms with Crippen molar-refractivity contribution in [3.8, 4) is 0 Å². The quantitative estimate of drug-likeness (QED) is 0.550. The van der Waals surface area contributed by atoms with Gasteiger partial charge in [0.1, 0.15) is 11.4 Å². The number of amides is 1. The van der Waals surface area contributed by atoms with Gasteiger partial charge in [0, 0.05) is 23.4 Å². The number of fused-ring (bicyclic) bond motifs is 4. The predicted molar refractivity (Wildman–Crippen MR) is 129 cm³/mol. The van der Waals surface area contributed by atoms with E-state index in [2.05, 4.69) is 43.4 Å². The third kappa shape index (κ3) is 4.27. The molecule has 1 fully saturated rings. The van der Waals surface area contributed by atoms with Gasteiger partial charge in [0.15, 0.2) is 0 Å². The van der Waals surface area contributed by atoms with Gasteiger partial charge in [-0.25, -0.2) is 4.79 Å². The molecule has 3 aliphatic rings. The van der Waals surface area contributed by atoms with Crippen LogP contribution in [0.25, 0.3) is 0 Å². The van der Waals surface area contributed by atoms with Crippen molar-refractivity contribution >= 4 is 6.09 Å². The van der Waals surface area contributed by atoms with Crippen molar-refractivity contribution in [2.45, 2.75) is 99.0 Å². The van der Waals surface area contributed by atoms with Gasteiger partial charge in [0.2, 0.25) is 0 Å². The van der Waals surface area contributed by atoms with Gasteiger partial charge in [0.05, 0.1) is 6.20 Å². The van der Waals surface area contributed by atoms with E-state index in [-0.39, 0.29) is 24.3 Å². The fourth-order valence-electron chi connectivity index (χ4n) is 6.54. The van der Waals surface area contributed by atoms with E-state index < -0.39 is 5.60 Å². The number of hydrogen-bond donors (Lipinski definition) is 1. The fourth-order valence-corrected chi connectivity index (χ4v) is 6.54. The monoisotopic (exact) mass is 442 g/mol. The lowest BCUT2D eigenvalue weighted by molar-refractivity contribution is 0.0370. The highest BCUT2D eigenvalue weighted by Crippen LogP contribution is 2.64. The van der Waals surface area contributed by atoms with E-state index >= 15 is 0 Å². The van der Waals surface area contributed by atoms with Crippen LogP contribution in [0, 0.1) is 16.7 Å². The standard InChI is InChI=1S/C26H38N2O3.CH4/c1-7-8-18-9-11-26(16-27-23(29)30-24(3,4)5)12-10-20-17(2)22-19(15-28-31-22)14-25(20,6)21(26)13-18;/h8,13,15,17,20H,7,9-12,14,16H2,1-6H3,(H,27,29);1H4/b18-8-;. The number of allylic oxidation sites excluding steroid dienone is 3. The number of rotatable bonds is 3. The molecule has 0 spiro atoms. The van der Waals surface area contributed by atoms with Gasteiger partial charge >= 0.3 is 6.09 Å². The van der Waals surface area contributed by atoms with Gasteiger partial charge in [-0.1, -0.05) is 56.7 Å². The Bertz CT molecular complexity index is 906. The van der Waals surface area contributed by atoms with Gasteiger partial charge < -0.3 is 14.6 Å². The molecule has 1 amide bonds. The molecule has 4 rings (SSSR count). The minimum atomic E-state index is -0.489. The number of alkyl carbamates (subject to hydrolysis) is 1. The van der Waals surface area contributed by atoms with E-state index in [0.717, 1.165) is 44.3 Å². The van der Waals surface area contributed by atoms with Gasteiger partial charge in [-0.2, -0.15) is 0 Å². The van der Waals surface area contributed by atoms with Crippen LogP contribution in [0.15, 0.2) is 34.0 Å². The molecule has 4 unspecified atom stereocenters. The molecule has 1 aromatic rings. The summed E-state index contributed by atoms with van der Waals surface area (Å²) in [5.74, 6) is 1.95. The van der Waals surface area contributed by atoms with Crippen LogP contribution >= 0.6 is 0 Å². The van der Waals surface area contributed by atoms with Crippen LogP contribution in [0.1, 0.15) is 98.3 Å². The molecule has 1 N–H and O–H groups in total. The average Bonchev–Trinajstić information content (AvgIpc) is 3.14. The smallest absolute Gasteiger partial charge is 0.407 e. The molecule has 0 saturated heterocycles. The highest BCUT2D eigenvalue weighted by molar-refractivity contribution is 5.68. The maximum atomic E-state index is 12.5. The molecule has 4 atom stereocenters. The van der Waals surface area contributed by atoms with Crippen LogP contribution in [0.2, 0.25) is 0 Å². The van der Waals surface area contributed by atoms with Crippen LogP contribution in [0.5, 0.6) is 0 Å². The first kappa shape index (κ1) is 24.6. The van der Waals surface area contributed by atoms with Crippen molar-refractivity contribution in [1.82, 2.24) is 10.5 Å². The van der Waals surface area contributed by atoms with Crippen LogP contribution in [-0.2, 0) is 11.2 Å². The molecule has 1 saturated carbocycles. The minimum Gasteiger partial charge on any atom is -0.444 e. The van der Waals surface area contributed by atoms with Crippen LogP contribution in [-0.4, -0.2) is 23.4 Å². The highest BCUT2D eigenvalue weighted by atomic mass is 16.6. The maximum absolute atomic E-state index is 12.5. The number of hydrogen-bond acceptors (Lipinski definition) is 4. The molecule has 0 aliphatic heterocycles. The van der Waals surface area contributed by atoms with Crippen LogP contribution in [0.3, 0.4) is 0 Å². The second kappa shape index (κ2) is 8.72. The average molecular weight is 443 g/mol. The van der Waals surface area contributed by atoms with E-state index in [4.69, 9.17) is 9.26 Å². The van der Waals surface area contributed by atoms with E-state index in [0.29, 0.717) is 18.4 Å². The zero-order chi connectivity index (χ0) is 22.4. The van der Waals surface area contributed by atoms with Crippen molar-refractivity contribution in [2.75, 3.05) is 6.54 Å². The van der Waals surface area contributed by atoms with Gasteiger partial charge in [-0.3, -0.25) is 0 Å². The molecule has 1 aromatic heterocycles. The summed E-state index contributed by atoms with van der Waals surface area (Å²) in [6, 6.07) is 0. The van der Waals surface area contributed by atoms with Crippen molar-refractivity contribution in [3.63, 3.8) is 0 Å². The Morgan fingerprint density at radius 1 is 1.38 bits per heavy atom. The number of aromatic nitrogens is 1. The summed E-state index contributed by atoms with van der Waals surface area (Å²) < 4.78 is 11.2. The van der Waals surface area contributed by atoms with Crippen molar-refractivity contribution in [3.05, 3.63) is 40.8 Å². The molecule has 32 heavy (non-hydrogen) atoms. The number of carbonyl (C=O) groups excluding carboxylic acids is 1. The van der Waals surface area contributed by atoms with E-state index in [9.17, 15) is 4.79 Å². The molecular weight excluding hydrogens is 400 g/mol. The number of ether oxygens (including phenoxy) is 1. The molecule has 0 radical (unpaired) electrons. The van der Waals surface area contributed by atoms with Gasteiger partial charge in [0.25, 0.3) is 0 Å². The molecule has 5 nitrogen and oxygen atoms in total. The first-order chi connectivity index (χ1) is 14.6. The Balaban J connectivity index is 0.00000289. The maximum Gasteiger partial charge on any atom is 0.407 e. The topological polar surface area (TPSA) is 64.4 Å². The first-order valence-corrected chi connectivity index (χ1v) is 11.9. The summed E-state index contributed by atoms with van der Waals surface area (Å²) in [5.41, 5.74) is 3.74. The number of carbonyl (C=O) groups is 1. The third-order valence-electron chi connectivity index (χ3n) is 7.85. The highest BCUT2D eigenvalue weighted by Gasteiger charge is 2.56. The second-order valence-electron chi connectivity index (χ2n) is 11.1. The first-order valence-electron chi connectivity index (χ1n) is 11.9. The third-order valence-corrected chi connectivity index (χ3v) is 7.85. The zero-order valence-electron chi connectivity index (χ0n) is 20.0. The van der Waals surface area contributed by atoms with Crippen molar-refractivity contribution < 1.29 is 14.1 Å². The Morgan fingerprint density at radius 3 is 2.81 bits per heavy atom. The second-order valence-corrected chi connectivity index (χ2v) is 11.1. The van der Waals surface area contributed by atoms with Gasteiger partial charge in [-0.15, -0.1) is 0 Å². The fraction of sp³-hybridized carbons (Fsp3) is 0.704. The Hall–Kier alpha value is -2.04. The van der Waals surface area contributed by atoms with E-state index in [1.807, 2.05) is 27.0 Å². The predicted octanol–water partition coefficient (Wildman–Crippen LogP) is 6.95. The Labute approximate surface area is 194 Å². The molecule has 3 aliphatic carbocycles. The van der Waals surface area contributed by atoms with Crippen molar-refractivity contribution in [2.24, 2.45) is 16.7 Å². The summed E-state index contributed by atoms with van der Waals surface area (Å²) in [5, 5.41) is 7.25. The summed E-state index contributed by atoms with van der Waals surface area (Å²) in [6.07, 6.45) is 12.8. The summed E-state index contributed by atoms with van der Waals surface area (Å²) in [7, 11) is 0. The SMILES string of the molecule is C.CC/C=C1\C=C2C(CNC(=O)OC(C)(C)C)(CC1)CCC1C(C)c3oncc3CC21C. The van der Waals surface area contributed by atoms with Crippen LogP contribution in [0.4, 0.5) is 4.79 Å². The summed E-state index contributed by atoms with van der Waals surface area (Å²) in [6.45, 7) is 13.3. The van der Waals surface area contributed by atoms with Crippen LogP contribution < -0.4 is 5.32 Å². The number of nitrogens with one attached hydrogen (secondary N) is 1. The molecule has 178 valence electrons. The lowest BCUT2D eigenvalue weighted by atomic mass is 9.46. The lowest BCUT2D eigenvalue weighted by Gasteiger charge is -2.58.